The first-order valence-corrected chi connectivity index (χ1v) is 5.19. The predicted molar refractivity (Wildman–Crippen MR) is 64.7 cm³/mol. The fraction of sp³-hybridized carbons (Fsp3) is 0.333. The molecule has 0 amide bonds. The number of imidazole rings is 1. The van der Waals surface area contributed by atoms with Crippen LogP contribution in [0, 0.1) is 0 Å². The Hall–Kier alpha value is -1.84. The number of aryl methyl sites for hydroxylation is 1. The smallest absolute Gasteiger partial charge is 0.149 e. The zero-order valence-electron chi connectivity index (χ0n) is 9.77. The Balaban J connectivity index is 2.35. The molecule has 0 aliphatic heterocycles. The van der Waals surface area contributed by atoms with Gasteiger partial charge in [-0.05, 0) is 25.1 Å². The third kappa shape index (κ3) is 1.91. The summed E-state index contributed by atoms with van der Waals surface area (Å²) in [5, 5.41) is 0. The van der Waals surface area contributed by atoms with Crippen molar-refractivity contribution in [3.63, 3.8) is 0 Å². The van der Waals surface area contributed by atoms with Crippen LogP contribution in [0.4, 0.5) is 5.69 Å². The summed E-state index contributed by atoms with van der Waals surface area (Å²) in [6.45, 7) is 2.02. The Morgan fingerprint density at radius 2 is 2.25 bits per heavy atom. The summed E-state index contributed by atoms with van der Waals surface area (Å²) >= 11 is 0. The normalized spacial score (nSPS) is 10.7. The lowest BCUT2D eigenvalue weighted by Crippen LogP contribution is -2.23. The van der Waals surface area contributed by atoms with E-state index in [2.05, 4.69) is 4.98 Å². The zero-order valence-corrected chi connectivity index (χ0v) is 9.77. The van der Waals surface area contributed by atoms with Crippen molar-refractivity contribution in [2.75, 3.05) is 18.5 Å². The molecule has 0 unspecified atom stereocenters. The predicted octanol–water partition coefficient (Wildman–Crippen LogP) is 1.60. The Morgan fingerprint density at radius 1 is 1.50 bits per heavy atom. The lowest BCUT2D eigenvalue weighted by atomic mass is 10.2. The minimum atomic E-state index is 0.156. The fourth-order valence-corrected chi connectivity index (χ4v) is 1.79. The second kappa shape index (κ2) is 3.96. The average Bonchev–Trinajstić information content (AvgIpc) is 2.59. The van der Waals surface area contributed by atoms with Gasteiger partial charge < -0.3 is 9.47 Å². The minimum Gasteiger partial charge on any atom is -0.367 e. The van der Waals surface area contributed by atoms with Gasteiger partial charge in [0.2, 0.25) is 0 Å². The number of carbonyl (C=O) groups is 1. The number of anilines is 1. The highest BCUT2D eigenvalue weighted by molar-refractivity contribution is 5.83. The number of hydrogen-bond donors (Lipinski definition) is 0. The summed E-state index contributed by atoms with van der Waals surface area (Å²) < 4.78 is 1.98. The maximum absolute atomic E-state index is 11.0. The fourth-order valence-electron chi connectivity index (χ4n) is 1.79. The quantitative estimate of drug-likeness (QED) is 0.783. The number of aromatic nitrogens is 2. The van der Waals surface area contributed by atoms with E-state index in [0.717, 1.165) is 16.7 Å². The Kier molecular flexibility index (Phi) is 2.64. The van der Waals surface area contributed by atoms with Crippen molar-refractivity contribution < 1.29 is 4.79 Å². The summed E-state index contributed by atoms with van der Waals surface area (Å²) in [7, 11) is 3.87. The molecular weight excluding hydrogens is 202 g/mol. The molecule has 0 N–H and O–H groups in total. The number of ketones is 1. The second-order valence-corrected chi connectivity index (χ2v) is 4.09. The van der Waals surface area contributed by atoms with E-state index in [0.29, 0.717) is 6.54 Å². The number of fused-ring (bicyclic) bond motifs is 1. The molecule has 0 aliphatic rings. The molecule has 16 heavy (non-hydrogen) atoms. The van der Waals surface area contributed by atoms with E-state index in [-0.39, 0.29) is 5.78 Å². The van der Waals surface area contributed by atoms with Crippen LogP contribution in [0.1, 0.15) is 6.92 Å². The first-order chi connectivity index (χ1) is 7.58. The molecule has 4 nitrogen and oxygen atoms in total. The number of Topliss-reactive ketones (excluding diaryl/α,β-unsaturated/α-hetero) is 1. The SMILES string of the molecule is CC(=O)CN(C)c1ccc2c(c1)ncn2C. The van der Waals surface area contributed by atoms with Crippen LogP contribution in [-0.4, -0.2) is 28.9 Å². The molecule has 0 atom stereocenters. The van der Waals surface area contributed by atoms with E-state index < -0.39 is 0 Å². The van der Waals surface area contributed by atoms with Gasteiger partial charge in [0.1, 0.15) is 5.78 Å². The highest BCUT2D eigenvalue weighted by Crippen LogP contribution is 2.19. The van der Waals surface area contributed by atoms with Crippen molar-refractivity contribution in [1.82, 2.24) is 9.55 Å². The topological polar surface area (TPSA) is 38.1 Å². The van der Waals surface area contributed by atoms with Gasteiger partial charge in [-0.3, -0.25) is 4.79 Å². The molecule has 84 valence electrons. The molecule has 0 fully saturated rings. The summed E-state index contributed by atoms with van der Waals surface area (Å²) in [4.78, 5) is 17.3. The maximum atomic E-state index is 11.0. The van der Waals surface area contributed by atoms with Gasteiger partial charge in [0.25, 0.3) is 0 Å². The molecule has 0 aliphatic carbocycles. The maximum Gasteiger partial charge on any atom is 0.149 e. The van der Waals surface area contributed by atoms with Crippen LogP contribution < -0.4 is 4.90 Å². The van der Waals surface area contributed by atoms with E-state index in [1.807, 2.05) is 41.8 Å². The molecular formula is C12H15N3O. The molecule has 2 rings (SSSR count). The van der Waals surface area contributed by atoms with Crippen LogP contribution in [0.3, 0.4) is 0 Å². The van der Waals surface area contributed by atoms with Gasteiger partial charge in [0.05, 0.1) is 23.9 Å². The molecule has 0 radical (unpaired) electrons. The molecule has 0 saturated heterocycles. The largest absolute Gasteiger partial charge is 0.367 e. The lowest BCUT2D eigenvalue weighted by Gasteiger charge is -2.17. The van der Waals surface area contributed by atoms with Crippen LogP contribution in [0.5, 0.6) is 0 Å². The van der Waals surface area contributed by atoms with E-state index in [1.165, 1.54) is 0 Å². The van der Waals surface area contributed by atoms with E-state index >= 15 is 0 Å². The highest BCUT2D eigenvalue weighted by Gasteiger charge is 2.06. The highest BCUT2D eigenvalue weighted by atomic mass is 16.1. The van der Waals surface area contributed by atoms with Crippen molar-refractivity contribution in [1.29, 1.82) is 0 Å². The minimum absolute atomic E-state index is 0.156. The van der Waals surface area contributed by atoms with E-state index in [9.17, 15) is 4.79 Å². The molecule has 0 saturated carbocycles. The third-order valence-electron chi connectivity index (χ3n) is 2.61. The zero-order chi connectivity index (χ0) is 11.7. The summed E-state index contributed by atoms with van der Waals surface area (Å²) in [5.74, 6) is 0.156. The molecule has 4 heteroatoms. The van der Waals surface area contributed by atoms with Gasteiger partial charge in [0, 0.05) is 19.8 Å². The van der Waals surface area contributed by atoms with Gasteiger partial charge in [0.15, 0.2) is 0 Å². The Bertz CT molecular complexity index is 530. The van der Waals surface area contributed by atoms with Crippen molar-refractivity contribution in [3.05, 3.63) is 24.5 Å². The van der Waals surface area contributed by atoms with Gasteiger partial charge in [-0.2, -0.15) is 0 Å². The van der Waals surface area contributed by atoms with Crippen LogP contribution in [0.25, 0.3) is 11.0 Å². The van der Waals surface area contributed by atoms with Crippen LogP contribution in [-0.2, 0) is 11.8 Å². The number of rotatable bonds is 3. The average molecular weight is 217 g/mol. The van der Waals surface area contributed by atoms with Crippen molar-refractivity contribution in [3.8, 4) is 0 Å². The Morgan fingerprint density at radius 3 is 2.94 bits per heavy atom. The molecule has 1 heterocycles. The number of likely N-dealkylation sites (N-methyl/N-ethyl adjacent to an activating group) is 1. The molecule has 1 aromatic carbocycles. The molecule has 0 bridgehead atoms. The molecule has 0 spiro atoms. The van der Waals surface area contributed by atoms with Crippen molar-refractivity contribution >= 4 is 22.5 Å². The van der Waals surface area contributed by atoms with Gasteiger partial charge in [-0.25, -0.2) is 4.98 Å². The van der Waals surface area contributed by atoms with Crippen LogP contribution in [0.2, 0.25) is 0 Å². The van der Waals surface area contributed by atoms with Gasteiger partial charge in [-0.15, -0.1) is 0 Å². The van der Waals surface area contributed by atoms with Gasteiger partial charge >= 0.3 is 0 Å². The lowest BCUT2D eigenvalue weighted by molar-refractivity contribution is -0.115. The molecule has 1 aromatic heterocycles. The standard InChI is InChI=1S/C12H15N3O/c1-9(16)7-14(2)10-4-5-12-11(6-10)13-8-15(12)3/h4-6,8H,7H2,1-3H3. The first kappa shape index (κ1) is 10.7. The van der Waals surface area contributed by atoms with Gasteiger partial charge in [-0.1, -0.05) is 0 Å². The van der Waals surface area contributed by atoms with Crippen LogP contribution >= 0.6 is 0 Å². The second-order valence-electron chi connectivity index (χ2n) is 4.09. The Labute approximate surface area is 94.5 Å². The van der Waals surface area contributed by atoms with Crippen molar-refractivity contribution in [2.24, 2.45) is 7.05 Å². The monoisotopic (exact) mass is 217 g/mol. The molecule has 2 aromatic rings. The number of benzene rings is 1. The van der Waals surface area contributed by atoms with E-state index in [1.54, 1.807) is 13.3 Å². The van der Waals surface area contributed by atoms with Crippen LogP contribution in [0.15, 0.2) is 24.5 Å². The number of hydrogen-bond acceptors (Lipinski definition) is 3. The first-order valence-electron chi connectivity index (χ1n) is 5.19. The number of nitrogens with zero attached hydrogens (tertiary/aromatic N) is 3. The summed E-state index contributed by atoms with van der Waals surface area (Å²) in [6, 6.07) is 6.03. The van der Waals surface area contributed by atoms with Crippen molar-refractivity contribution in [2.45, 2.75) is 6.92 Å². The summed E-state index contributed by atoms with van der Waals surface area (Å²) in [5.41, 5.74) is 3.07. The summed E-state index contributed by atoms with van der Waals surface area (Å²) in [6.07, 6.45) is 1.79. The third-order valence-corrected chi connectivity index (χ3v) is 2.61. The number of carbonyl (C=O) groups excluding carboxylic acids is 1. The van der Waals surface area contributed by atoms with E-state index in [4.69, 9.17) is 0 Å².